The van der Waals surface area contributed by atoms with E-state index in [0.29, 0.717) is 76.9 Å². The number of esters is 1. The number of imidazole rings is 2. The molecule has 2 unspecified atom stereocenters. The highest BCUT2D eigenvalue weighted by atomic mass is 16.5. The molecule has 2 amide bonds. The van der Waals surface area contributed by atoms with Crippen LogP contribution < -0.4 is 20.1 Å². The molecule has 2 bridgehead atoms. The van der Waals surface area contributed by atoms with Crippen LogP contribution in [0.5, 0.6) is 11.5 Å². The van der Waals surface area contributed by atoms with Crippen molar-refractivity contribution in [2.45, 2.75) is 91.8 Å². The Balaban J connectivity index is 1.20. The number of anilines is 2. The first-order valence-corrected chi connectivity index (χ1v) is 21.9. The third-order valence-corrected chi connectivity index (χ3v) is 12.0. The Labute approximate surface area is 373 Å². The van der Waals surface area contributed by atoms with Gasteiger partial charge in [-0.05, 0) is 83.9 Å². The lowest BCUT2D eigenvalue weighted by Gasteiger charge is -2.40. The Morgan fingerprint density at radius 3 is 1.66 bits per heavy atom. The van der Waals surface area contributed by atoms with Gasteiger partial charge in [0.25, 0.3) is 11.8 Å². The lowest BCUT2D eigenvalue weighted by molar-refractivity contribution is -0.0534. The third-order valence-electron chi connectivity index (χ3n) is 12.0. The van der Waals surface area contributed by atoms with Gasteiger partial charge in [-0.25, -0.2) is 19.6 Å². The highest BCUT2D eigenvalue weighted by Crippen LogP contribution is 2.36. The van der Waals surface area contributed by atoms with E-state index in [9.17, 15) is 24.3 Å². The number of fused-ring (bicyclic) bond motifs is 2. The molecule has 3 aliphatic heterocycles. The summed E-state index contributed by atoms with van der Waals surface area (Å²) in [4.78, 5) is 65.8. The molecule has 20 nitrogen and oxygen atoms in total. The Morgan fingerprint density at radius 1 is 0.692 bits per heavy atom. The summed E-state index contributed by atoms with van der Waals surface area (Å²) in [6, 6.07) is 9.34. The average molecular weight is 890 g/mol. The second kappa shape index (κ2) is 17.8. The second-order valence-corrected chi connectivity index (χ2v) is 16.3. The first-order chi connectivity index (χ1) is 31.4. The Kier molecular flexibility index (Phi) is 11.9. The number of rotatable bonds is 10. The molecule has 3 atom stereocenters. The summed E-state index contributed by atoms with van der Waals surface area (Å²) in [5.41, 5.74) is 3.90. The summed E-state index contributed by atoms with van der Waals surface area (Å²) < 4.78 is 31.7. The standard InChI is InChI=1S/C45H51N11O9/c1-6-54-34(15-25(4)50-54)40(57)48-44-46-32-17-27(42(59)60)19-36-38(32)52(44)13-9-10-14-53-39-33(47-45(53)49-41(58)35-16-26(5)51-55(35)7-2)18-28(43(61)63-8-3)20-37(39)65-24-31(23-64-36)56-29-11-12-30(56)22-62-21-29/h9-10,15-20,29-31H,6-8,11-14,21-24H2,1-5H3,(H,59,60)(H,46,48,57)(H,47,49,58)/b10-9+/t29?,30?,31-/m0/s1. The van der Waals surface area contributed by atoms with Gasteiger partial charge in [0.05, 0.1) is 59.4 Å². The van der Waals surface area contributed by atoms with Crippen LogP contribution in [-0.4, -0.2) is 124 Å². The van der Waals surface area contributed by atoms with Crippen molar-refractivity contribution in [3.05, 3.63) is 82.5 Å². The molecule has 3 N–H and O–H groups in total. The number of hydrogen-bond acceptors (Lipinski definition) is 13. The number of aromatic carboxylic acids is 1. The van der Waals surface area contributed by atoms with Gasteiger partial charge in [0.1, 0.15) is 47.1 Å². The number of allylic oxidation sites excluding steroid dienone is 2. The van der Waals surface area contributed by atoms with E-state index in [4.69, 9.17) is 28.9 Å². The van der Waals surface area contributed by atoms with Gasteiger partial charge in [-0.3, -0.25) is 34.5 Å². The van der Waals surface area contributed by atoms with E-state index < -0.39 is 29.8 Å². The number of morpholine rings is 1. The molecule has 0 saturated carbocycles. The van der Waals surface area contributed by atoms with Crippen LogP contribution in [0.3, 0.4) is 0 Å². The smallest absolute Gasteiger partial charge is 0.338 e. The molecule has 2 fully saturated rings. The van der Waals surface area contributed by atoms with E-state index in [1.165, 1.54) is 12.1 Å². The number of hydrogen-bond donors (Lipinski definition) is 3. The lowest BCUT2D eigenvalue weighted by atomic mass is 10.1. The van der Waals surface area contributed by atoms with Crippen molar-refractivity contribution in [1.82, 2.24) is 43.6 Å². The van der Waals surface area contributed by atoms with Gasteiger partial charge in [-0.1, -0.05) is 12.2 Å². The number of aromatic nitrogens is 8. The van der Waals surface area contributed by atoms with Crippen LogP contribution in [0.4, 0.5) is 11.9 Å². The van der Waals surface area contributed by atoms with Crippen molar-refractivity contribution in [2.75, 3.05) is 43.7 Å². The van der Waals surface area contributed by atoms with Gasteiger partial charge in [0, 0.05) is 38.3 Å². The highest BCUT2D eigenvalue weighted by molar-refractivity contribution is 6.05. The molecule has 4 aromatic heterocycles. The number of nitrogens with one attached hydrogen (secondary N) is 2. The van der Waals surface area contributed by atoms with Crippen molar-refractivity contribution >= 4 is 57.7 Å². The van der Waals surface area contributed by atoms with E-state index in [0.717, 1.165) is 12.8 Å². The molecule has 20 heteroatoms. The fraction of sp³-hybridized carbons (Fsp3) is 0.422. The van der Waals surface area contributed by atoms with Crippen molar-refractivity contribution < 1.29 is 43.2 Å². The maximum atomic E-state index is 14.0. The number of amides is 2. The first-order valence-electron chi connectivity index (χ1n) is 21.9. The van der Waals surface area contributed by atoms with E-state index in [2.05, 4.69) is 25.7 Å². The number of benzene rings is 2. The fourth-order valence-electron chi connectivity index (χ4n) is 9.16. The van der Waals surface area contributed by atoms with Gasteiger partial charge in [0.15, 0.2) is 0 Å². The summed E-state index contributed by atoms with van der Waals surface area (Å²) in [5, 5.41) is 25.1. The summed E-state index contributed by atoms with van der Waals surface area (Å²) in [5.74, 6) is -1.65. The molecule has 65 heavy (non-hydrogen) atoms. The normalized spacial score (nSPS) is 19.2. The van der Waals surface area contributed by atoms with E-state index in [1.54, 1.807) is 45.1 Å². The number of carbonyl (C=O) groups is 4. The molecule has 0 aliphatic carbocycles. The molecule has 340 valence electrons. The number of nitrogens with zero attached hydrogens (tertiary/aromatic N) is 9. The average Bonchev–Trinajstić information content (AvgIpc) is 4.09. The van der Waals surface area contributed by atoms with Crippen LogP contribution in [0.2, 0.25) is 0 Å². The van der Waals surface area contributed by atoms with E-state index >= 15 is 0 Å². The van der Waals surface area contributed by atoms with Gasteiger partial charge in [0.2, 0.25) is 11.9 Å². The first kappa shape index (κ1) is 43.2. The summed E-state index contributed by atoms with van der Waals surface area (Å²) in [7, 11) is 0. The summed E-state index contributed by atoms with van der Waals surface area (Å²) >= 11 is 0. The number of carbonyl (C=O) groups excluding carboxylic acids is 3. The molecule has 9 rings (SSSR count). The maximum absolute atomic E-state index is 14.0. The van der Waals surface area contributed by atoms with Crippen molar-refractivity contribution in [3.63, 3.8) is 0 Å². The molecule has 2 saturated heterocycles. The van der Waals surface area contributed by atoms with Crippen molar-refractivity contribution in [3.8, 4) is 11.5 Å². The quantitative estimate of drug-likeness (QED) is 0.121. The second-order valence-electron chi connectivity index (χ2n) is 16.3. The zero-order valence-corrected chi connectivity index (χ0v) is 36.9. The molecule has 7 heterocycles. The predicted molar refractivity (Wildman–Crippen MR) is 237 cm³/mol. The minimum absolute atomic E-state index is 0.0424. The predicted octanol–water partition coefficient (Wildman–Crippen LogP) is 5.07. The van der Waals surface area contributed by atoms with Crippen LogP contribution in [0.25, 0.3) is 22.1 Å². The molecular formula is C45H51N11O9. The lowest BCUT2D eigenvalue weighted by Crippen LogP contribution is -2.55. The summed E-state index contributed by atoms with van der Waals surface area (Å²) in [6.07, 6.45) is 5.55. The van der Waals surface area contributed by atoms with Gasteiger partial charge < -0.3 is 33.2 Å². The number of carboxylic acids is 1. The van der Waals surface area contributed by atoms with Gasteiger partial charge in [-0.15, -0.1) is 0 Å². The topological polar surface area (TPSA) is 224 Å². The molecule has 6 aromatic rings. The molecule has 2 aromatic carbocycles. The van der Waals surface area contributed by atoms with Gasteiger partial charge >= 0.3 is 11.9 Å². The fourth-order valence-corrected chi connectivity index (χ4v) is 9.16. The summed E-state index contributed by atoms with van der Waals surface area (Å²) in [6.45, 7) is 11.7. The maximum Gasteiger partial charge on any atom is 0.338 e. The largest absolute Gasteiger partial charge is 0.490 e. The van der Waals surface area contributed by atoms with E-state index in [1.807, 2.05) is 44.4 Å². The van der Waals surface area contributed by atoms with Gasteiger partial charge in [-0.2, -0.15) is 10.2 Å². The Hall–Kier alpha value is -7.06. The number of aryl methyl sites for hydroxylation is 4. The van der Waals surface area contributed by atoms with Crippen molar-refractivity contribution in [2.24, 2.45) is 0 Å². The molecule has 0 radical (unpaired) electrons. The van der Waals surface area contributed by atoms with Crippen LogP contribution in [0, 0.1) is 13.8 Å². The van der Waals surface area contributed by atoms with Crippen molar-refractivity contribution in [1.29, 1.82) is 0 Å². The van der Waals surface area contributed by atoms with E-state index in [-0.39, 0.29) is 73.8 Å². The number of carboxylic acid groups (broad SMARTS) is 1. The highest BCUT2D eigenvalue weighted by Gasteiger charge is 2.42. The van der Waals surface area contributed by atoms with Crippen LogP contribution in [0.15, 0.2) is 48.6 Å². The minimum Gasteiger partial charge on any atom is -0.490 e. The van der Waals surface area contributed by atoms with Crippen LogP contribution >= 0.6 is 0 Å². The zero-order chi connectivity index (χ0) is 45.5. The molecule has 0 spiro atoms. The van der Waals surface area contributed by atoms with Crippen LogP contribution in [0.1, 0.15) is 86.7 Å². The Bertz CT molecular complexity index is 2860. The third kappa shape index (κ3) is 8.30. The monoisotopic (exact) mass is 889 g/mol. The number of ether oxygens (including phenoxy) is 4. The van der Waals surface area contributed by atoms with Crippen LogP contribution in [-0.2, 0) is 35.7 Å². The molecular weight excluding hydrogens is 839 g/mol. The zero-order valence-electron chi connectivity index (χ0n) is 36.9. The minimum atomic E-state index is -1.17. The molecule has 3 aliphatic rings. The SMILES string of the molecule is CCOC(=O)c1cc2c3c(c1)nc(NC(=O)c1cc(C)nn1CC)n3C/C=C/Cn1c(NC(=O)c3cc(C)nn3CC)nc3cc(C(=O)O)cc(c31)OC[C@H](N1C3CCC1COC3)CO2. The Morgan fingerprint density at radius 2 is 1.18 bits per heavy atom.